The van der Waals surface area contributed by atoms with Crippen LogP contribution in [-0.4, -0.2) is 94.3 Å². The largest absolute Gasteiger partial charge is 0.477 e. The number of tetrazole rings is 1. The van der Waals surface area contributed by atoms with Gasteiger partial charge < -0.3 is 26.7 Å². The molecule has 0 spiro atoms. The number of carbonyl (C=O) groups excluding carboxylic acids is 2. The van der Waals surface area contributed by atoms with E-state index >= 15 is 0 Å². The predicted octanol–water partition coefficient (Wildman–Crippen LogP) is 0.0308. The van der Waals surface area contributed by atoms with Crippen molar-refractivity contribution in [1.29, 1.82) is 0 Å². The van der Waals surface area contributed by atoms with E-state index in [-0.39, 0.29) is 34.1 Å². The first-order chi connectivity index (χ1) is 19.4. The topological polar surface area (TPSA) is 217 Å². The van der Waals surface area contributed by atoms with Crippen molar-refractivity contribution < 1.29 is 24.3 Å². The summed E-state index contributed by atoms with van der Waals surface area (Å²) in [6.07, 6.45) is 5.84. The minimum Gasteiger partial charge on any atom is -0.477 e. The lowest BCUT2D eigenvalue weighted by atomic mass is 10.0. The van der Waals surface area contributed by atoms with Crippen molar-refractivity contribution in [3.63, 3.8) is 0 Å². The molecule has 0 aromatic carbocycles. The molecule has 5 rings (SSSR count). The lowest BCUT2D eigenvalue weighted by Crippen LogP contribution is -2.71. The second-order valence-corrected chi connectivity index (χ2v) is 11.8. The van der Waals surface area contributed by atoms with E-state index in [9.17, 15) is 19.5 Å². The third-order valence-corrected chi connectivity index (χ3v) is 9.27. The van der Waals surface area contributed by atoms with Crippen molar-refractivity contribution in [3.05, 3.63) is 34.5 Å². The number of hydrogen-bond acceptors (Lipinski definition) is 14. The lowest BCUT2D eigenvalue weighted by Gasteiger charge is -2.49. The Hall–Kier alpha value is -3.48. The van der Waals surface area contributed by atoms with Crippen LogP contribution in [0, 0.1) is 0 Å². The number of aromatic nitrogens is 5. The van der Waals surface area contributed by atoms with E-state index in [0.717, 1.165) is 24.2 Å². The fourth-order valence-electron chi connectivity index (χ4n) is 4.25. The molecular weight excluding hydrogens is 581 g/mol. The molecule has 0 bridgehead atoms. The summed E-state index contributed by atoms with van der Waals surface area (Å²) < 4.78 is 1.61. The number of nitrogen functional groups attached to an aromatic ring is 1. The highest BCUT2D eigenvalue weighted by Crippen LogP contribution is 2.41. The summed E-state index contributed by atoms with van der Waals surface area (Å²) in [5, 5.41) is 30.1. The number of hydrogen-bond donors (Lipinski definition) is 4. The molecule has 2 unspecified atom stereocenters. The zero-order valence-corrected chi connectivity index (χ0v) is 23.5. The molecule has 3 atom stereocenters. The minimum absolute atomic E-state index is 0.0924. The number of β-lactam (4-membered cyclic amide) rings is 1. The number of amides is 2. The number of fused-ring (bicyclic) bond motifs is 1. The first kappa shape index (κ1) is 28.1. The Morgan fingerprint density at radius 3 is 2.92 bits per heavy atom. The molecule has 1 fully saturated rings. The zero-order chi connectivity index (χ0) is 28.2. The van der Waals surface area contributed by atoms with Crippen molar-refractivity contribution in [1.82, 2.24) is 35.4 Å². The van der Waals surface area contributed by atoms with Gasteiger partial charge in [0.05, 0.1) is 0 Å². The molecule has 1 aliphatic carbocycles. The van der Waals surface area contributed by atoms with E-state index in [1.807, 2.05) is 12.2 Å². The highest BCUT2D eigenvalue weighted by molar-refractivity contribution is 8.01. The van der Waals surface area contributed by atoms with E-state index < -0.39 is 29.2 Å². The van der Waals surface area contributed by atoms with Crippen LogP contribution in [0.4, 0.5) is 5.13 Å². The summed E-state index contributed by atoms with van der Waals surface area (Å²) in [6, 6.07) is -0.947. The molecule has 1 saturated heterocycles. The van der Waals surface area contributed by atoms with Crippen LogP contribution in [0.5, 0.6) is 0 Å². The Morgan fingerprint density at radius 1 is 1.38 bits per heavy atom. The molecule has 0 saturated carbocycles. The van der Waals surface area contributed by atoms with Crippen LogP contribution in [-0.2, 0) is 25.8 Å². The maximum absolute atomic E-state index is 13.2. The van der Waals surface area contributed by atoms with E-state index in [4.69, 9.17) is 16.3 Å². The molecule has 2 aliphatic heterocycles. The number of carbonyl (C=O) groups is 3. The number of carboxylic acid groups (broad SMARTS) is 1. The van der Waals surface area contributed by atoms with Crippen LogP contribution in [0.3, 0.4) is 0 Å². The Bertz CT molecular complexity index is 1390. The fraction of sp³-hybridized carbons (Fsp3) is 0.455. The molecule has 212 valence electrons. The summed E-state index contributed by atoms with van der Waals surface area (Å²) in [5.74, 6) is -1.80. The fourth-order valence-corrected chi connectivity index (χ4v) is 7.19. The van der Waals surface area contributed by atoms with Crippen LogP contribution < -0.4 is 16.8 Å². The van der Waals surface area contributed by atoms with Crippen molar-refractivity contribution >= 4 is 63.5 Å². The number of thioether (sulfide) groups is 2. The van der Waals surface area contributed by atoms with Crippen LogP contribution in [0.1, 0.15) is 25.0 Å². The van der Waals surface area contributed by atoms with Gasteiger partial charge in [-0.1, -0.05) is 23.0 Å². The molecule has 2 aromatic heterocycles. The van der Waals surface area contributed by atoms with Gasteiger partial charge in [0.15, 0.2) is 10.8 Å². The third kappa shape index (κ3) is 5.84. The van der Waals surface area contributed by atoms with Gasteiger partial charge in [-0.25, -0.2) is 14.5 Å². The molecular formula is C22H26N10O5S3. The van der Waals surface area contributed by atoms with E-state index in [1.165, 1.54) is 28.4 Å². The third-order valence-electron chi connectivity index (χ3n) is 6.21. The summed E-state index contributed by atoms with van der Waals surface area (Å²) in [6.45, 7) is 1.03. The number of anilines is 1. The van der Waals surface area contributed by atoms with Crippen LogP contribution >= 0.6 is 34.9 Å². The summed E-state index contributed by atoms with van der Waals surface area (Å²) in [7, 11) is 0. The molecule has 4 heterocycles. The standard InChI is InChI=1S/C22H26N10O5S3/c23-6-3-7-31-22(27-29-30-31)40-9-11-8-38-19-15(18(34)32(19)16(11)20(35)36)26-17(33)14(13-10-39-21(24)25-13)28-37-12-4-1-2-5-12/h1,4,10,12,15,19H,2-3,5-9,23H2,(H2,24,25)(H,26,33)(H,35,36)/t12?,15?,19-/m0/s1. The highest BCUT2D eigenvalue weighted by Gasteiger charge is 2.54. The maximum atomic E-state index is 13.2. The summed E-state index contributed by atoms with van der Waals surface area (Å²) in [4.78, 5) is 49.5. The van der Waals surface area contributed by atoms with Gasteiger partial charge in [0.2, 0.25) is 5.16 Å². The Kier molecular flexibility index (Phi) is 8.67. The number of oxime groups is 1. The zero-order valence-electron chi connectivity index (χ0n) is 21.0. The van der Waals surface area contributed by atoms with Crippen molar-refractivity contribution in [2.75, 3.05) is 23.8 Å². The molecule has 2 amide bonds. The number of allylic oxidation sites excluding steroid dienone is 1. The van der Waals surface area contributed by atoms with Gasteiger partial charge in [0, 0.05) is 23.4 Å². The molecule has 15 nitrogen and oxygen atoms in total. The number of aryl methyl sites for hydroxylation is 1. The van der Waals surface area contributed by atoms with Crippen LogP contribution in [0.2, 0.25) is 0 Å². The Labute approximate surface area is 240 Å². The van der Waals surface area contributed by atoms with Crippen LogP contribution in [0.15, 0.2) is 39.1 Å². The van der Waals surface area contributed by atoms with Gasteiger partial charge >= 0.3 is 5.97 Å². The summed E-state index contributed by atoms with van der Waals surface area (Å²) >= 11 is 3.79. The quantitative estimate of drug-likeness (QED) is 0.0825. The van der Waals surface area contributed by atoms with Gasteiger partial charge in [-0.3, -0.25) is 14.5 Å². The van der Waals surface area contributed by atoms with Gasteiger partial charge in [-0.15, -0.1) is 28.2 Å². The van der Waals surface area contributed by atoms with Gasteiger partial charge in [-0.05, 0) is 47.9 Å². The van der Waals surface area contributed by atoms with E-state index in [2.05, 4.69) is 31.0 Å². The van der Waals surface area contributed by atoms with E-state index in [1.54, 1.807) is 10.1 Å². The molecule has 40 heavy (non-hydrogen) atoms. The number of thiazole rings is 1. The second-order valence-electron chi connectivity index (χ2n) is 8.89. The van der Waals surface area contributed by atoms with Crippen molar-refractivity contribution in [2.24, 2.45) is 10.9 Å². The smallest absolute Gasteiger partial charge is 0.352 e. The number of rotatable bonds is 12. The first-order valence-corrected chi connectivity index (χ1v) is 15.2. The molecule has 3 aliphatic rings. The minimum atomic E-state index is -1.22. The number of nitrogens with one attached hydrogen (secondary N) is 1. The van der Waals surface area contributed by atoms with Gasteiger partial charge in [0.25, 0.3) is 11.8 Å². The van der Waals surface area contributed by atoms with Gasteiger partial charge in [0.1, 0.15) is 28.9 Å². The molecule has 2 aromatic rings. The van der Waals surface area contributed by atoms with Gasteiger partial charge in [-0.2, -0.15) is 0 Å². The summed E-state index contributed by atoms with van der Waals surface area (Å²) in [5.41, 5.74) is 11.9. The molecule has 6 N–H and O–H groups in total. The number of nitrogens with two attached hydrogens (primary N) is 2. The first-order valence-electron chi connectivity index (χ1n) is 12.3. The van der Waals surface area contributed by atoms with Crippen molar-refractivity contribution in [2.45, 2.75) is 48.5 Å². The molecule has 18 heteroatoms. The number of carboxylic acids is 1. The lowest BCUT2D eigenvalue weighted by molar-refractivity contribution is -0.150. The number of nitrogens with zero attached hydrogens (tertiary/aromatic N) is 7. The Balaban J connectivity index is 1.28. The van der Waals surface area contributed by atoms with Crippen molar-refractivity contribution in [3.8, 4) is 0 Å². The SMILES string of the molecule is NCCCn1nnnc1SCC1=C(C(=O)O)N2C(=O)C(NC(=O)C(=NOC3C=CCC3)c3csc(N)n3)[C@@H]2SC1. The average molecular weight is 607 g/mol. The number of aliphatic carboxylic acids is 1. The Morgan fingerprint density at radius 2 is 2.23 bits per heavy atom. The van der Waals surface area contributed by atoms with E-state index in [0.29, 0.717) is 36.0 Å². The average Bonchev–Trinajstić information content (AvgIpc) is 3.71. The molecule has 0 radical (unpaired) electrons. The second kappa shape index (κ2) is 12.4. The normalized spacial score (nSPS) is 22.3. The highest BCUT2D eigenvalue weighted by atomic mass is 32.2. The predicted molar refractivity (Wildman–Crippen MR) is 148 cm³/mol. The monoisotopic (exact) mass is 606 g/mol. The van der Waals surface area contributed by atoms with Crippen LogP contribution in [0.25, 0.3) is 0 Å². The maximum Gasteiger partial charge on any atom is 0.352 e.